The third kappa shape index (κ3) is 3.05. The fourth-order valence-corrected chi connectivity index (χ4v) is 3.97. The topological polar surface area (TPSA) is 40.5 Å². The van der Waals surface area contributed by atoms with Crippen LogP contribution >= 0.6 is 0 Å². The first-order valence-electron chi connectivity index (χ1n) is 7.72. The summed E-state index contributed by atoms with van der Waals surface area (Å²) >= 11 is 0. The fraction of sp³-hybridized carbons (Fsp3) is 0.933. The van der Waals surface area contributed by atoms with Gasteiger partial charge in [0.1, 0.15) is 0 Å². The Morgan fingerprint density at radius 1 is 1.06 bits per heavy atom. The molecule has 104 valence electrons. The minimum atomic E-state index is -0.575. The van der Waals surface area contributed by atoms with Gasteiger partial charge in [-0.3, -0.25) is 9.69 Å². The molecule has 3 nitrogen and oxygen atoms in total. The lowest BCUT2D eigenvalue weighted by Gasteiger charge is -2.43. The SMILES string of the molecule is CCN(C1CCCCC1)C1CCCCC1C(=O)O. The molecule has 0 spiro atoms. The molecule has 2 rings (SSSR count). The first-order valence-corrected chi connectivity index (χ1v) is 7.72. The zero-order valence-corrected chi connectivity index (χ0v) is 11.6. The van der Waals surface area contributed by atoms with Crippen LogP contribution in [0.5, 0.6) is 0 Å². The Bertz CT molecular complexity index is 274. The molecule has 0 amide bonds. The lowest BCUT2D eigenvalue weighted by molar-refractivity contribution is -0.146. The number of nitrogens with zero attached hydrogens (tertiary/aromatic N) is 1. The number of carboxylic acids is 1. The monoisotopic (exact) mass is 253 g/mol. The summed E-state index contributed by atoms with van der Waals surface area (Å²) < 4.78 is 0. The molecule has 0 heterocycles. The van der Waals surface area contributed by atoms with Crippen LogP contribution in [0.3, 0.4) is 0 Å². The predicted molar refractivity (Wildman–Crippen MR) is 72.6 cm³/mol. The van der Waals surface area contributed by atoms with Crippen LogP contribution in [0.1, 0.15) is 64.7 Å². The van der Waals surface area contributed by atoms with Crippen LogP contribution in [-0.2, 0) is 4.79 Å². The smallest absolute Gasteiger partial charge is 0.308 e. The molecule has 2 fully saturated rings. The van der Waals surface area contributed by atoms with Crippen LogP contribution in [0.4, 0.5) is 0 Å². The van der Waals surface area contributed by atoms with Gasteiger partial charge in [-0.1, -0.05) is 39.0 Å². The average Bonchev–Trinajstić information content (AvgIpc) is 2.41. The second kappa shape index (κ2) is 6.55. The summed E-state index contributed by atoms with van der Waals surface area (Å²) in [6.45, 7) is 3.21. The molecule has 3 heteroatoms. The maximum absolute atomic E-state index is 11.4. The zero-order valence-electron chi connectivity index (χ0n) is 11.6. The first kappa shape index (κ1) is 13.9. The van der Waals surface area contributed by atoms with Crippen molar-refractivity contribution in [1.29, 1.82) is 0 Å². The molecule has 2 atom stereocenters. The molecule has 2 saturated carbocycles. The maximum Gasteiger partial charge on any atom is 0.308 e. The van der Waals surface area contributed by atoms with E-state index in [1.807, 2.05) is 0 Å². The van der Waals surface area contributed by atoms with Crippen molar-refractivity contribution in [2.45, 2.75) is 76.8 Å². The third-order valence-electron chi connectivity index (χ3n) is 4.88. The van der Waals surface area contributed by atoms with E-state index in [1.165, 1.54) is 38.5 Å². The summed E-state index contributed by atoms with van der Waals surface area (Å²) in [5.74, 6) is -0.699. The molecule has 0 bridgehead atoms. The van der Waals surface area contributed by atoms with Crippen molar-refractivity contribution in [3.63, 3.8) is 0 Å². The summed E-state index contributed by atoms with van der Waals surface area (Å²) in [4.78, 5) is 14.0. The first-order chi connectivity index (χ1) is 8.74. The minimum absolute atomic E-state index is 0.124. The molecule has 1 N–H and O–H groups in total. The van der Waals surface area contributed by atoms with Crippen LogP contribution in [0.15, 0.2) is 0 Å². The number of hydrogen-bond acceptors (Lipinski definition) is 2. The van der Waals surface area contributed by atoms with Crippen molar-refractivity contribution in [2.24, 2.45) is 5.92 Å². The highest BCUT2D eigenvalue weighted by molar-refractivity contribution is 5.71. The Hall–Kier alpha value is -0.570. The number of aliphatic carboxylic acids is 1. The molecule has 0 radical (unpaired) electrons. The van der Waals surface area contributed by atoms with E-state index in [4.69, 9.17) is 0 Å². The van der Waals surface area contributed by atoms with Crippen molar-refractivity contribution < 1.29 is 9.90 Å². The second-order valence-electron chi connectivity index (χ2n) is 5.92. The Labute approximate surface area is 111 Å². The van der Waals surface area contributed by atoms with E-state index in [9.17, 15) is 9.90 Å². The van der Waals surface area contributed by atoms with Crippen molar-refractivity contribution >= 4 is 5.97 Å². The van der Waals surface area contributed by atoms with Crippen molar-refractivity contribution in [1.82, 2.24) is 4.90 Å². The Morgan fingerprint density at radius 2 is 1.67 bits per heavy atom. The molecule has 2 unspecified atom stereocenters. The highest BCUT2D eigenvalue weighted by Gasteiger charge is 2.37. The second-order valence-corrected chi connectivity index (χ2v) is 5.92. The lowest BCUT2D eigenvalue weighted by Crippen LogP contribution is -2.50. The molecule has 2 aliphatic carbocycles. The molecular weight excluding hydrogens is 226 g/mol. The van der Waals surface area contributed by atoms with Crippen LogP contribution in [0.25, 0.3) is 0 Å². The number of carbonyl (C=O) groups is 1. The highest BCUT2D eigenvalue weighted by Crippen LogP contribution is 2.33. The quantitative estimate of drug-likeness (QED) is 0.836. The summed E-state index contributed by atoms with van der Waals surface area (Å²) in [5, 5.41) is 9.42. The number of rotatable bonds is 4. The van der Waals surface area contributed by atoms with Gasteiger partial charge in [0.25, 0.3) is 0 Å². The normalized spacial score (nSPS) is 30.6. The molecule has 0 aromatic heterocycles. The minimum Gasteiger partial charge on any atom is -0.481 e. The fourth-order valence-electron chi connectivity index (χ4n) is 3.97. The number of hydrogen-bond donors (Lipinski definition) is 1. The Kier molecular flexibility index (Phi) is 5.04. The van der Waals surface area contributed by atoms with Crippen LogP contribution in [0, 0.1) is 5.92 Å². The average molecular weight is 253 g/mol. The molecule has 0 saturated heterocycles. The van der Waals surface area contributed by atoms with Gasteiger partial charge >= 0.3 is 5.97 Å². The Balaban J connectivity index is 2.06. The van der Waals surface area contributed by atoms with E-state index in [1.54, 1.807) is 0 Å². The van der Waals surface area contributed by atoms with E-state index in [0.29, 0.717) is 12.1 Å². The van der Waals surface area contributed by atoms with E-state index < -0.39 is 5.97 Å². The van der Waals surface area contributed by atoms with Gasteiger partial charge in [-0.05, 0) is 32.2 Å². The van der Waals surface area contributed by atoms with E-state index >= 15 is 0 Å². The summed E-state index contributed by atoms with van der Waals surface area (Å²) in [7, 11) is 0. The summed E-state index contributed by atoms with van der Waals surface area (Å²) in [6.07, 6.45) is 10.8. The van der Waals surface area contributed by atoms with Crippen LogP contribution in [0.2, 0.25) is 0 Å². The molecule has 0 aromatic carbocycles. The van der Waals surface area contributed by atoms with Gasteiger partial charge in [0, 0.05) is 12.1 Å². The van der Waals surface area contributed by atoms with E-state index in [2.05, 4.69) is 11.8 Å². The number of carboxylic acid groups (broad SMARTS) is 1. The molecule has 0 aliphatic heterocycles. The standard InChI is InChI=1S/C15H27NO2/c1-2-16(12-8-4-3-5-9-12)14-11-7-6-10-13(14)15(17)18/h12-14H,2-11H2,1H3,(H,17,18). The van der Waals surface area contributed by atoms with Gasteiger partial charge in [-0.15, -0.1) is 0 Å². The van der Waals surface area contributed by atoms with Gasteiger partial charge in [0.15, 0.2) is 0 Å². The van der Waals surface area contributed by atoms with Gasteiger partial charge in [-0.25, -0.2) is 0 Å². The maximum atomic E-state index is 11.4. The van der Waals surface area contributed by atoms with Crippen LogP contribution < -0.4 is 0 Å². The lowest BCUT2D eigenvalue weighted by atomic mass is 9.81. The zero-order chi connectivity index (χ0) is 13.0. The van der Waals surface area contributed by atoms with Crippen molar-refractivity contribution in [3.8, 4) is 0 Å². The van der Waals surface area contributed by atoms with Gasteiger partial charge < -0.3 is 5.11 Å². The summed E-state index contributed by atoms with van der Waals surface area (Å²) in [5.41, 5.74) is 0. The highest BCUT2D eigenvalue weighted by atomic mass is 16.4. The van der Waals surface area contributed by atoms with E-state index in [-0.39, 0.29) is 5.92 Å². The molecule has 2 aliphatic rings. The molecule has 18 heavy (non-hydrogen) atoms. The van der Waals surface area contributed by atoms with Crippen molar-refractivity contribution in [3.05, 3.63) is 0 Å². The van der Waals surface area contributed by atoms with Gasteiger partial charge in [0.05, 0.1) is 5.92 Å². The molecular formula is C15H27NO2. The van der Waals surface area contributed by atoms with Crippen LogP contribution in [-0.4, -0.2) is 34.6 Å². The molecule has 0 aromatic rings. The van der Waals surface area contributed by atoms with Gasteiger partial charge in [0.2, 0.25) is 0 Å². The van der Waals surface area contributed by atoms with E-state index in [0.717, 1.165) is 25.8 Å². The van der Waals surface area contributed by atoms with Gasteiger partial charge in [-0.2, -0.15) is 0 Å². The van der Waals surface area contributed by atoms with Crippen molar-refractivity contribution in [2.75, 3.05) is 6.54 Å². The third-order valence-corrected chi connectivity index (χ3v) is 4.88. The largest absolute Gasteiger partial charge is 0.481 e. The predicted octanol–water partition coefficient (Wildman–Crippen LogP) is 3.28. The summed E-state index contributed by atoms with van der Waals surface area (Å²) in [6, 6.07) is 0.943. The Morgan fingerprint density at radius 3 is 2.28 bits per heavy atom.